The number of amides is 1. The van der Waals surface area contributed by atoms with Crippen LogP contribution in [0.3, 0.4) is 0 Å². The maximum atomic E-state index is 13.3. The first-order valence-corrected chi connectivity index (χ1v) is 10.5. The Balaban J connectivity index is 0.00000240. The zero-order valence-electron chi connectivity index (χ0n) is 16.7. The lowest BCUT2D eigenvalue weighted by Crippen LogP contribution is -2.43. The molecule has 0 N–H and O–H groups in total. The predicted molar refractivity (Wildman–Crippen MR) is 118 cm³/mol. The van der Waals surface area contributed by atoms with Crippen LogP contribution in [0, 0.1) is 6.92 Å². The minimum absolute atomic E-state index is 0. The molecule has 3 aromatic rings. The van der Waals surface area contributed by atoms with Gasteiger partial charge in [-0.15, -0.1) is 12.4 Å². The number of thiazole rings is 1. The third kappa shape index (κ3) is 4.78. The van der Waals surface area contributed by atoms with Crippen molar-refractivity contribution in [2.24, 2.45) is 0 Å². The van der Waals surface area contributed by atoms with Crippen LogP contribution in [0.4, 0.5) is 5.13 Å². The average molecular weight is 436 g/mol. The number of carbonyl (C=O) groups is 1. The van der Waals surface area contributed by atoms with E-state index in [1.807, 2.05) is 19.2 Å². The van der Waals surface area contributed by atoms with Gasteiger partial charge in [0.25, 0.3) is 5.91 Å². The molecule has 0 bridgehead atoms. The number of fused-ring (bicyclic) bond motifs is 1. The van der Waals surface area contributed by atoms with E-state index in [2.05, 4.69) is 29.1 Å². The van der Waals surface area contributed by atoms with E-state index in [9.17, 15) is 4.79 Å². The van der Waals surface area contributed by atoms with Crippen LogP contribution < -0.4 is 4.90 Å². The lowest BCUT2D eigenvalue weighted by atomic mass is 10.2. The first kappa shape index (κ1) is 21.7. The van der Waals surface area contributed by atoms with E-state index in [0.29, 0.717) is 12.2 Å². The molecule has 1 fully saturated rings. The fourth-order valence-electron chi connectivity index (χ4n) is 3.33. The molecule has 2 aromatic heterocycles. The van der Waals surface area contributed by atoms with Crippen LogP contribution in [0.15, 0.2) is 30.5 Å². The van der Waals surface area contributed by atoms with Crippen molar-refractivity contribution < 1.29 is 9.53 Å². The number of nitrogens with zero attached hydrogens (tertiary/aromatic N) is 5. The molecule has 1 saturated heterocycles. The molecule has 0 atom stereocenters. The molecule has 156 valence electrons. The molecule has 0 spiro atoms. The van der Waals surface area contributed by atoms with Crippen molar-refractivity contribution in [1.82, 2.24) is 19.7 Å². The number of anilines is 1. The summed E-state index contributed by atoms with van der Waals surface area (Å²) in [6.07, 6.45) is 1.84. The highest BCUT2D eigenvalue weighted by molar-refractivity contribution is 7.22. The van der Waals surface area contributed by atoms with Crippen LogP contribution in [0.1, 0.15) is 23.0 Å². The van der Waals surface area contributed by atoms with Crippen molar-refractivity contribution in [3.63, 3.8) is 0 Å². The molecular formula is C20H26ClN5O2S. The van der Waals surface area contributed by atoms with Gasteiger partial charge >= 0.3 is 0 Å². The number of aryl methyl sites for hydroxylation is 2. The Kier molecular flexibility index (Phi) is 7.23. The molecule has 0 aliphatic carbocycles. The molecule has 1 aromatic carbocycles. The second-order valence-corrected chi connectivity index (χ2v) is 7.89. The van der Waals surface area contributed by atoms with Crippen LogP contribution in [-0.2, 0) is 11.3 Å². The summed E-state index contributed by atoms with van der Waals surface area (Å²) in [6, 6.07) is 7.92. The molecule has 29 heavy (non-hydrogen) atoms. The summed E-state index contributed by atoms with van der Waals surface area (Å²) in [4.78, 5) is 22.2. The highest BCUT2D eigenvalue weighted by Gasteiger charge is 2.24. The predicted octanol–water partition coefficient (Wildman–Crippen LogP) is 3.22. The fourth-order valence-corrected chi connectivity index (χ4v) is 4.40. The summed E-state index contributed by atoms with van der Waals surface area (Å²) in [5.41, 5.74) is 2.54. The standard InChI is InChI=1S/C20H25N5O2S.ClH/c1-3-24-8-7-16(22-24)19(26)25(10-9-23-11-13-27-14-12-23)20-21-18-15(2)5-4-6-17(18)28-20;/h4-8H,3,9-14H2,1-2H3;1H. The van der Waals surface area contributed by atoms with Crippen molar-refractivity contribution in [3.05, 3.63) is 41.7 Å². The van der Waals surface area contributed by atoms with Gasteiger partial charge in [0, 0.05) is 38.9 Å². The van der Waals surface area contributed by atoms with E-state index in [4.69, 9.17) is 9.72 Å². The molecule has 7 nitrogen and oxygen atoms in total. The van der Waals surface area contributed by atoms with Crippen LogP contribution in [0.2, 0.25) is 0 Å². The smallest absolute Gasteiger partial charge is 0.280 e. The third-order valence-electron chi connectivity index (χ3n) is 5.01. The van der Waals surface area contributed by atoms with Gasteiger partial charge in [-0.25, -0.2) is 4.98 Å². The number of benzene rings is 1. The summed E-state index contributed by atoms with van der Waals surface area (Å²) < 4.78 is 8.30. The topological polar surface area (TPSA) is 63.5 Å². The van der Waals surface area contributed by atoms with Crippen molar-refractivity contribution in [3.8, 4) is 0 Å². The maximum absolute atomic E-state index is 13.3. The lowest BCUT2D eigenvalue weighted by Gasteiger charge is -2.29. The van der Waals surface area contributed by atoms with E-state index in [1.165, 1.54) is 0 Å². The van der Waals surface area contributed by atoms with Crippen molar-refractivity contribution in [1.29, 1.82) is 0 Å². The van der Waals surface area contributed by atoms with Gasteiger partial charge in [-0.1, -0.05) is 23.5 Å². The molecule has 0 unspecified atom stereocenters. The number of hydrogen-bond donors (Lipinski definition) is 0. The van der Waals surface area contributed by atoms with Crippen molar-refractivity contribution in [2.75, 3.05) is 44.3 Å². The molecule has 0 radical (unpaired) electrons. The van der Waals surface area contributed by atoms with Gasteiger partial charge in [0.15, 0.2) is 10.8 Å². The first-order chi connectivity index (χ1) is 13.7. The van der Waals surface area contributed by atoms with Crippen LogP contribution in [0.5, 0.6) is 0 Å². The number of morpholine rings is 1. The number of para-hydroxylation sites is 1. The molecule has 3 heterocycles. The molecule has 4 rings (SSSR count). The summed E-state index contributed by atoms with van der Waals surface area (Å²) in [5, 5.41) is 5.14. The summed E-state index contributed by atoms with van der Waals surface area (Å²) in [7, 11) is 0. The maximum Gasteiger partial charge on any atom is 0.280 e. The number of ether oxygens (including phenoxy) is 1. The second kappa shape index (κ2) is 9.67. The normalized spacial score (nSPS) is 14.7. The second-order valence-electron chi connectivity index (χ2n) is 6.89. The van der Waals surface area contributed by atoms with E-state index in [0.717, 1.165) is 60.3 Å². The average Bonchev–Trinajstić information content (AvgIpc) is 3.36. The van der Waals surface area contributed by atoms with Gasteiger partial charge in [0.05, 0.1) is 23.4 Å². The van der Waals surface area contributed by atoms with Gasteiger partial charge in [-0.3, -0.25) is 19.3 Å². The van der Waals surface area contributed by atoms with E-state index in [-0.39, 0.29) is 18.3 Å². The summed E-state index contributed by atoms with van der Waals surface area (Å²) >= 11 is 1.56. The van der Waals surface area contributed by atoms with Gasteiger partial charge in [-0.2, -0.15) is 5.10 Å². The van der Waals surface area contributed by atoms with E-state index in [1.54, 1.807) is 27.0 Å². The first-order valence-electron chi connectivity index (χ1n) is 9.67. The number of halogens is 1. The van der Waals surface area contributed by atoms with Crippen LogP contribution in [0.25, 0.3) is 10.2 Å². The minimum atomic E-state index is -0.0998. The number of rotatable bonds is 6. The number of hydrogen-bond acceptors (Lipinski definition) is 6. The summed E-state index contributed by atoms with van der Waals surface area (Å²) in [6.45, 7) is 9.44. The molecular weight excluding hydrogens is 410 g/mol. The largest absolute Gasteiger partial charge is 0.379 e. The Morgan fingerprint density at radius 2 is 2.07 bits per heavy atom. The summed E-state index contributed by atoms with van der Waals surface area (Å²) in [5.74, 6) is -0.0998. The van der Waals surface area contributed by atoms with Crippen LogP contribution >= 0.6 is 23.7 Å². The Bertz CT molecular complexity index is 967. The SMILES string of the molecule is CCn1ccc(C(=O)N(CCN2CCOCC2)c2nc3c(C)cccc3s2)n1.Cl. The van der Waals surface area contributed by atoms with Crippen molar-refractivity contribution >= 4 is 45.0 Å². The molecule has 1 aliphatic rings. The molecule has 1 amide bonds. The lowest BCUT2D eigenvalue weighted by molar-refractivity contribution is 0.0391. The molecule has 0 saturated carbocycles. The Morgan fingerprint density at radius 3 is 2.76 bits per heavy atom. The minimum Gasteiger partial charge on any atom is -0.379 e. The number of carbonyl (C=O) groups excluding carboxylic acids is 1. The van der Waals surface area contributed by atoms with E-state index >= 15 is 0 Å². The molecule has 9 heteroatoms. The van der Waals surface area contributed by atoms with Gasteiger partial charge in [0.2, 0.25) is 0 Å². The van der Waals surface area contributed by atoms with Gasteiger partial charge < -0.3 is 4.74 Å². The zero-order valence-corrected chi connectivity index (χ0v) is 18.3. The Labute approximate surface area is 180 Å². The quantitative estimate of drug-likeness (QED) is 0.594. The van der Waals surface area contributed by atoms with Gasteiger partial charge in [0.1, 0.15) is 0 Å². The highest BCUT2D eigenvalue weighted by atomic mass is 35.5. The van der Waals surface area contributed by atoms with E-state index < -0.39 is 0 Å². The zero-order chi connectivity index (χ0) is 19.5. The number of aromatic nitrogens is 3. The Morgan fingerprint density at radius 1 is 1.28 bits per heavy atom. The van der Waals surface area contributed by atoms with Gasteiger partial charge in [-0.05, 0) is 31.5 Å². The third-order valence-corrected chi connectivity index (χ3v) is 6.06. The molecule has 1 aliphatic heterocycles. The fraction of sp³-hybridized carbons (Fsp3) is 0.450. The Hall–Kier alpha value is -2.00. The monoisotopic (exact) mass is 435 g/mol. The highest BCUT2D eigenvalue weighted by Crippen LogP contribution is 2.31. The van der Waals surface area contributed by atoms with Crippen molar-refractivity contribution in [2.45, 2.75) is 20.4 Å². The van der Waals surface area contributed by atoms with Crippen LogP contribution in [-0.4, -0.2) is 65.0 Å².